The van der Waals surface area contributed by atoms with Crippen LogP contribution in [0.3, 0.4) is 0 Å². The topological polar surface area (TPSA) is 54.6 Å². The SMILES string of the molecule is CC(=O)c1ccc(C2CCC([C@H](O)c3c(C4CC4)ccn4cncc34)CC2)cc1. The number of nitrogens with zero attached hydrogens (tertiary/aromatic N) is 2. The number of aliphatic hydroxyl groups is 1. The lowest BCUT2D eigenvalue weighted by Crippen LogP contribution is -2.21. The van der Waals surface area contributed by atoms with Crippen LogP contribution >= 0.6 is 0 Å². The summed E-state index contributed by atoms with van der Waals surface area (Å²) in [6.07, 6.45) is 12.1. The monoisotopic (exact) mass is 388 g/mol. The third-order valence-electron chi connectivity index (χ3n) is 6.99. The Balaban J connectivity index is 1.33. The highest BCUT2D eigenvalue weighted by molar-refractivity contribution is 5.94. The van der Waals surface area contributed by atoms with E-state index in [2.05, 4.69) is 29.4 Å². The molecule has 0 radical (unpaired) electrons. The van der Waals surface area contributed by atoms with Gasteiger partial charge in [0.05, 0.1) is 24.1 Å². The van der Waals surface area contributed by atoms with Crippen LogP contribution in [0, 0.1) is 5.92 Å². The van der Waals surface area contributed by atoms with Gasteiger partial charge in [0.1, 0.15) is 0 Å². The molecule has 1 atom stereocenters. The summed E-state index contributed by atoms with van der Waals surface area (Å²) in [5, 5.41) is 11.4. The van der Waals surface area contributed by atoms with Gasteiger partial charge in [-0.1, -0.05) is 24.3 Å². The van der Waals surface area contributed by atoms with Crippen molar-refractivity contribution >= 4 is 11.3 Å². The minimum Gasteiger partial charge on any atom is -0.388 e. The summed E-state index contributed by atoms with van der Waals surface area (Å²) in [4.78, 5) is 15.8. The third kappa shape index (κ3) is 3.51. The first-order chi connectivity index (χ1) is 14.1. The van der Waals surface area contributed by atoms with E-state index in [0.717, 1.165) is 42.3 Å². The molecule has 2 saturated carbocycles. The van der Waals surface area contributed by atoms with Crippen molar-refractivity contribution in [2.24, 2.45) is 5.92 Å². The molecule has 0 aliphatic heterocycles. The van der Waals surface area contributed by atoms with Crippen molar-refractivity contribution in [1.82, 2.24) is 9.38 Å². The number of hydrogen-bond donors (Lipinski definition) is 1. The fraction of sp³-hybridized carbons (Fsp3) is 0.440. The number of hydrogen-bond acceptors (Lipinski definition) is 3. The fourth-order valence-electron chi connectivity index (χ4n) is 5.10. The molecule has 2 aliphatic carbocycles. The molecule has 150 valence electrons. The summed E-state index contributed by atoms with van der Waals surface area (Å²) in [5.74, 6) is 1.54. The lowest BCUT2D eigenvalue weighted by molar-refractivity contribution is 0.0810. The molecule has 2 aromatic heterocycles. The minimum absolute atomic E-state index is 0.115. The first-order valence-corrected chi connectivity index (χ1v) is 10.8. The van der Waals surface area contributed by atoms with E-state index in [-0.39, 0.29) is 5.78 Å². The quantitative estimate of drug-likeness (QED) is 0.594. The Kier molecular flexibility index (Phi) is 4.75. The van der Waals surface area contributed by atoms with Gasteiger partial charge in [0.25, 0.3) is 0 Å². The maximum absolute atomic E-state index is 11.5. The van der Waals surface area contributed by atoms with Gasteiger partial charge in [-0.05, 0) is 80.4 Å². The normalized spacial score (nSPS) is 23.2. The summed E-state index contributed by atoms with van der Waals surface area (Å²) < 4.78 is 2.03. The van der Waals surface area contributed by atoms with Crippen molar-refractivity contribution in [2.75, 3.05) is 0 Å². The van der Waals surface area contributed by atoms with E-state index in [1.54, 1.807) is 6.92 Å². The van der Waals surface area contributed by atoms with Crippen LogP contribution in [0.25, 0.3) is 5.52 Å². The zero-order valence-electron chi connectivity index (χ0n) is 16.9. The van der Waals surface area contributed by atoms with E-state index >= 15 is 0 Å². The largest absolute Gasteiger partial charge is 0.388 e. The highest BCUT2D eigenvalue weighted by Crippen LogP contribution is 2.47. The zero-order valence-corrected chi connectivity index (χ0v) is 16.9. The Bertz CT molecular complexity index is 1020. The van der Waals surface area contributed by atoms with Crippen LogP contribution in [-0.4, -0.2) is 20.3 Å². The zero-order chi connectivity index (χ0) is 20.0. The Labute approximate surface area is 171 Å². The lowest BCUT2D eigenvalue weighted by atomic mass is 9.74. The van der Waals surface area contributed by atoms with Crippen molar-refractivity contribution in [2.45, 2.75) is 63.4 Å². The Morgan fingerprint density at radius 3 is 2.38 bits per heavy atom. The number of imidazole rings is 1. The summed E-state index contributed by atoms with van der Waals surface area (Å²) in [6.45, 7) is 1.61. The number of Topliss-reactive ketones (excluding diaryl/α,β-unsaturated/α-hetero) is 1. The molecule has 3 aromatic rings. The van der Waals surface area contributed by atoms with E-state index in [0.29, 0.717) is 17.8 Å². The van der Waals surface area contributed by atoms with Crippen LogP contribution in [0.1, 0.15) is 90.4 Å². The van der Waals surface area contributed by atoms with Gasteiger partial charge in [-0.3, -0.25) is 4.79 Å². The third-order valence-corrected chi connectivity index (χ3v) is 6.99. The highest BCUT2D eigenvalue weighted by atomic mass is 16.3. The van der Waals surface area contributed by atoms with Gasteiger partial charge < -0.3 is 9.51 Å². The number of pyridine rings is 1. The van der Waals surface area contributed by atoms with Gasteiger partial charge in [-0.2, -0.15) is 0 Å². The van der Waals surface area contributed by atoms with Crippen LogP contribution in [0.2, 0.25) is 0 Å². The number of fused-ring (bicyclic) bond motifs is 1. The van der Waals surface area contributed by atoms with Crippen molar-refractivity contribution in [3.8, 4) is 0 Å². The van der Waals surface area contributed by atoms with E-state index in [1.807, 2.05) is 29.1 Å². The first kappa shape index (κ1) is 18.6. The molecular formula is C25H28N2O2. The number of aliphatic hydroxyl groups excluding tert-OH is 1. The highest BCUT2D eigenvalue weighted by Gasteiger charge is 2.34. The Hall–Kier alpha value is -2.46. The second kappa shape index (κ2) is 7.42. The van der Waals surface area contributed by atoms with Crippen LogP contribution < -0.4 is 0 Å². The second-order valence-electron chi connectivity index (χ2n) is 8.88. The van der Waals surface area contributed by atoms with Crippen molar-refractivity contribution in [3.05, 3.63) is 71.3 Å². The number of ketones is 1. The lowest BCUT2D eigenvalue weighted by Gasteiger charge is -2.33. The molecule has 0 bridgehead atoms. The molecule has 0 spiro atoms. The van der Waals surface area contributed by atoms with E-state index in [9.17, 15) is 9.90 Å². The minimum atomic E-state index is -0.424. The second-order valence-corrected chi connectivity index (χ2v) is 8.88. The maximum Gasteiger partial charge on any atom is 0.159 e. The van der Waals surface area contributed by atoms with Crippen molar-refractivity contribution in [3.63, 3.8) is 0 Å². The maximum atomic E-state index is 11.5. The van der Waals surface area contributed by atoms with E-state index < -0.39 is 6.10 Å². The van der Waals surface area contributed by atoms with Gasteiger partial charge in [-0.25, -0.2) is 4.98 Å². The van der Waals surface area contributed by atoms with Crippen molar-refractivity contribution in [1.29, 1.82) is 0 Å². The van der Waals surface area contributed by atoms with E-state index in [1.165, 1.54) is 24.0 Å². The van der Waals surface area contributed by atoms with Crippen LogP contribution in [0.5, 0.6) is 0 Å². The van der Waals surface area contributed by atoms with E-state index in [4.69, 9.17) is 0 Å². The molecule has 29 heavy (non-hydrogen) atoms. The molecule has 0 saturated heterocycles. The predicted octanol–water partition coefficient (Wildman–Crippen LogP) is 5.42. The van der Waals surface area contributed by atoms with Crippen LogP contribution in [-0.2, 0) is 0 Å². The Morgan fingerprint density at radius 1 is 1.03 bits per heavy atom. The number of aromatic nitrogens is 2. The molecular weight excluding hydrogens is 360 g/mol. The van der Waals surface area contributed by atoms with Crippen molar-refractivity contribution < 1.29 is 9.90 Å². The number of carbonyl (C=O) groups excluding carboxylic acids is 1. The molecule has 1 N–H and O–H groups in total. The molecule has 1 aromatic carbocycles. The average molecular weight is 389 g/mol. The summed E-state index contributed by atoms with van der Waals surface area (Å²) >= 11 is 0. The fourth-order valence-corrected chi connectivity index (χ4v) is 5.10. The average Bonchev–Trinajstić information content (AvgIpc) is 3.49. The van der Waals surface area contributed by atoms with Crippen LogP contribution in [0.4, 0.5) is 0 Å². The van der Waals surface area contributed by atoms with Crippen LogP contribution in [0.15, 0.2) is 49.1 Å². The summed E-state index contributed by atoms with van der Waals surface area (Å²) in [7, 11) is 0. The number of rotatable bonds is 5. The smallest absolute Gasteiger partial charge is 0.159 e. The van der Waals surface area contributed by atoms with Gasteiger partial charge in [0.2, 0.25) is 0 Å². The standard InChI is InChI=1S/C25H28N2O2/c1-16(28)17-2-4-18(5-3-17)19-6-10-21(11-7-19)25(29)24-22(20-8-9-20)12-13-27-15-26-14-23(24)27/h2-5,12-15,19-21,25,29H,6-11H2,1H3/t19?,21?,25-/m0/s1. The molecule has 0 amide bonds. The van der Waals surface area contributed by atoms with Gasteiger partial charge in [-0.15, -0.1) is 0 Å². The molecule has 0 unspecified atom stereocenters. The molecule has 2 heterocycles. The molecule has 5 rings (SSSR count). The Morgan fingerprint density at radius 2 is 1.72 bits per heavy atom. The van der Waals surface area contributed by atoms with Gasteiger partial charge in [0.15, 0.2) is 5.78 Å². The first-order valence-electron chi connectivity index (χ1n) is 10.8. The number of benzene rings is 1. The molecule has 4 nitrogen and oxygen atoms in total. The predicted molar refractivity (Wildman–Crippen MR) is 113 cm³/mol. The summed E-state index contributed by atoms with van der Waals surface area (Å²) in [5.41, 5.74) is 5.59. The molecule has 2 aliphatic rings. The summed E-state index contributed by atoms with van der Waals surface area (Å²) in [6, 6.07) is 10.3. The number of carbonyl (C=O) groups is 1. The van der Waals surface area contributed by atoms with Gasteiger partial charge >= 0.3 is 0 Å². The van der Waals surface area contributed by atoms with Gasteiger partial charge in [0, 0.05) is 17.3 Å². The molecule has 4 heteroatoms. The molecule has 2 fully saturated rings.